The molecule has 1 aromatic rings. The van der Waals surface area contributed by atoms with E-state index in [1.54, 1.807) is 0 Å². The smallest absolute Gasteiger partial charge is 0.234 e. The SMILES string of the molecule is Cl.N[C@@H]1CCCN(CC(=O)NCCOc2ccccc2)C1. The van der Waals surface area contributed by atoms with E-state index in [1.807, 2.05) is 30.3 Å². The van der Waals surface area contributed by atoms with E-state index in [0.717, 1.165) is 31.7 Å². The van der Waals surface area contributed by atoms with Crippen LogP contribution in [-0.4, -0.2) is 49.6 Å². The van der Waals surface area contributed by atoms with Crippen molar-refractivity contribution in [2.45, 2.75) is 18.9 Å². The van der Waals surface area contributed by atoms with Gasteiger partial charge in [-0.25, -0.2) is 0 Å². The van der Waals surface area contributed by atoms with Crippen molar-refractivity contribution >= 4 is 18.3 Å². The number of hydrogen-bond acceptors (Lipinski definition) is 4. The third-order valence-corrected chi connectivity index (χ3v) is 3.35. The largest absolute Gasteiger partial charge is 0.492 e. The van der Waals surface area contributed by atoms with Gasteiger partial charge in [0.25, 0.3) is 0 Å². The van der Waals surface area contributed by atoms with Gasteiger partial charge in [-0.05, 0) is 31.5 Å². The predicted molar refractivity (Wildman–Crippen MR) is 85.8 cm³/mol. The minimum absolute atomic E-state index is 0. The molecule has 1 heterocycles. The molecule has 1 aliphatic rings. The Hall–Kier alpha value is -1.30. The molecule has 0 saturated carbocycles. The molecule has 2 rings (SSSR count). The lowest BCUT2D eigenvalue weighted by molar-refractivity contribution is -0.122. The first-order chi connectivity index (χ1) is 9.74. The number of amides is 1. The fourth-order valence-corrected chi connectivity index (χ4v) is 2.37. The number of para-hydroxylation sites is 1. The lowest BCUT2D eigenvalue weighted by Crippen LogP contribution is -2.47. The molecule has 1 fully saturated rings. The quantitative estimate of drug-likeness (QED) is 0.770. The minimum Gasteiger partial charge on any atom is -0.492 e. The number of carbonyl (C=O) groups is 1. The van der Waals surface area contributed by atoms with Crippen LogP contribution in [0.1, 0.15) is 12.8 Å². The van der Waals surface area contributed by atoms with Crippen molar-refractivity contribution < 1.29 is 9.53 Å². The number of likely N-dealkylation sites (tertiary alicyclic amines) is 1. The lowest BCUT2D eigenvalue weighted by Gasteiger charge is -2.29. The Bertz CT molecular complexity index is 417. The zero-order chi connectivity index (χ0) is 14.2. The Morgan fingerprint density at radius 1 is 1.38 bits per heavy atom. The van der Waals surface area contributed by atoms with Crippen LogP contribution in [0.15, 0.2) is 30.3 Å². The van der Waals surface area contributed by atoms with Crippen molar-refractivity contribution in [3.05, 3.63) is 30.3 Å². The number of ether oxygens (including phenoxy) is 1. The zero-order valence-electron chi connectivity index (χ0n) is 12.2. The molecule has 0 radical (unpaired) electrons. The first-order valence-electron chi connectivity index (χ1n) is 7.16. The molecule has 6 heteroatoms. The summed E-state index contributed by atoms with van der Waals surface area (Å²) < 4.78 is 5.52. The van der Waals surface area contributed by atoms with Crippen molar-refractivity contribution in [1.29, 1.82) is 0 Å². The fourth-order valence-electron chi connectivity index (χ4n) is 2.37. The molecule has 0 spiro atoms. The van der Waals surface area contributed by atoms with Gasteiger partial charge in [-0.2, -0.15) is 0 Å². The highest BCUT2D eigenvalue weighted by molar-refractivity contribution is 5.85. The maximum atomic E-state index is 11.8. The van der Waals surface area contributed by atoms with E-state index in [4.69, 9.17) is 10.5 Å². The Kier molecular flexibility index (Phi) is 8.12. The van der Waals surface area contributed by atoms with Crippen molar-refractivity contribution in [2.75, 3.05) is 32.8 Å². The molecule has 0 aliphatic carbocycles. The highest BCUT2D eigenvalue weighted by Crippen LogP contribution is 2.08. The number of carbonyl (C=O) groups excluding carboxylic acids is 1. The van der Waals surface area contributed by atoms with Crippen molar-refractivity contribution in [2.24, 2.45) is 5.73 Å². The standard InChI is InChI=1S/C15H23N3O2.ClH/c16-13-5-4-9-18(11-13)12-15(19)17-8-10-20-14-6-2-1-3-7-14;/h1-3,6-7,13H,4-5,8-12,16H2,(H,17,19);1H/t13-;/m1./s1. The Labute approximate surface area is 132 Å². The summed E-state index contributed by atoms with van der Waals surface area (Å²) in [5.74, 6) is 0.861. The average molecular weight is 314 g/mol. The van der Waals surface area contributed by atoms with Crippen LogP contribution in [-0.2, 0) is 4.79 Å². The number of piperidine rings is 1. The van der Waals surface area contributed by atoms with Gasteiger partial charge >= 0.3 is 0 Å². The van der Waals surface area contributed by atoms with Crippen LogP contribution in [0.25, 0.3) is 0 Å². The van der Waals surface area contributed by atoms with Gasteiger partial charge in [0, 0.05) is 12.6 Å². The molecular weight excluding hydrogens is 290 g/mol. The molecular formula is C15H24ClN3O2. The van der Waals surface area contributed by atoms with E-state index in [9.17, 15) is 4.79 Å². The van der Waals surface area contributed by atoms with E-state index in [-0.39, 0.29) is 24.4 Å². The number of hydrogen-bond donors (Lipinski definition) is 2. The predicted octanol–water partition coefficient (Wildman–Crippen LogP) is 1.03. The number of nitrogens with two attached hydrogens (primary N) is 1. The van der Waals surface area contributed by atoms with Crippen LogP contribution in [0.3, 0.4) is 0 Å². The number of nitrogens with zero attached hydrogens (tertiary/aromatic N) is 1. The average Bonchev–Trinajstić information content (AvgIpc) is 2.45. The topological polar surface area (TPSA) is 67.6 Å². The summed E-state index contributed by atoms with van der Waals surface area (Å²) in [6.45, 7) is 3.21. The van der Waals surface area contributed by atoms with Crippen LogP contribution in [0.4, 0.5) is 0 Å². The molecule has 21 heavy (non-hydrogen) atoms. The first kappa shape index (κ1) is 17.8. The summed E-state index contributed by atoms with van der Waals surface area (Å²) in [6.07, 6.45) is 2.13. The molecule has 1 aliphatic heterocycles. The van der Waals surface area contributed by atoms with Gasteiger partial charge in [-0.15, -0.1) is 12.4 Å². The summed E-state index contributed by atoms with van der Waals surface area (Å²) >= 11 is 0. The molecule has 3 N–H and O–H groups in total. The summed E-state index contributed by atoms with van der Waals surface area (Å²) in [7, 11) is 0. The number of rotatable bonds is 6. The molecule has 0 bridgehead atoms. The molecule has 1 saturated heterocycles. The van der Waals surface area contributed by atoms with Gasteiger partial charge in [-0.3, -0.25) is 9.69 Å². The van der Waals surface area contributed by atoms with Crippen LogP contribution < -0.4 is 15.8 Å². The normalized spacial score (nSPS) is 18.6. The van der Waals surface area contributed by atoms with E-state index in [0.29, 0.717) is 19.7 Å². The third kappa shape index (κ3) is 6.80. The summed E-state index contributed by atoms with van der Waals surface area (Å²) in [4.78, 5) is 13.9. The summed E-state index contributed by atoms with van der Waals surface area (Å²) in [5, 5.41) is 2.87. The number of nitrogens with one attached hydrogen (secondary N) is 1. The fraction of sp³-hybridized carbons (Fsp3) is 0.533. The number of halogens is 1. The second kappa shape index (κ2) is 9.60. The summed E-state index contributed by atoms with van der Waals surface area (Å²) in [6, 6.07) is 9.80. The minimum atomic E-state index is 0. The highest BCUT2D eigenvalue weighted by Gasteiger charge is 2.18. The van der Waals surface area contributed by atoms with E-state index >= 15 is 0 Å². The monoisotopic (exact) mass is 313 g/mol. The third-order valence-electron chi connectivity index (χ3n) is 3.35. The van der Waals surface area contributed by atoms with Crippen molar-refractivity contribution in [3.63, 3.8) is 0 Å². The molecule has 1 amide bonds. The number of benzene rings is 1. The Balaban J connectivity index is 0.00000220. The first-order valence-corrected chi connectivity index (χ1v) is 7.16. The maximum Gasteiger partial charge on any atom is 0.234 e. The van der Waals surface area contributed by atoms with Gasteiger partial charge in [0.2, 0.25) is 5.91 Å². The second-order valence-electron chi connectivity index (χ2n) is 5.15. The van der Waals surface area contributed by atoms with Gasteiger partial charge in [0.15, 0.2) is 0 Å². The van der Waals surface area contributed by atoms with Gasteiger partial charge < -0.3 is 15.8 Å². The molecule has 118 valence electrons. The zero-order valence-corrected chi connectivity index (χ0v) is 13.0. The molecule has 5 nitrogen and oxygen atoms in total. The Morgan fingerprint density at radius 3 is 2.86 bits per heavy atom. The molecule has 1 atom stereocenters. The van der Waals surface area contributed by atoms with Crippen molar-refractivity contribution in [3.8, 4) is 5.75 Å². The van der Waals surface area contributed by atoms with Gasteiger partial charge in [0.05, 0.1) is 13.1 Å². The maximum absolute atomic E-state index is 11.8. The molecule has 0 unspecified atom stereocenters. The van der Waals surface area contributed by atoms with E-state index in [2.05, 4.69) is 10.2 Å². The van der Waals surface area contributed by atoms with Crippen LogP contribution in [0.2, 0.25) is 0 Å². The lowest BCUT2D eigenvalue weighted by atomic mass is 10.1. The van der Waals surface area contributed by atoms with Gasteiger partial charge in [0.1, 0.15) is 12.4 Å². The van der Waals surface area contributed by atoms with E-state index in [1.165, 1.54) is 0 Å². The van der Waals surface area contributed by atoms with Crippen LogP contribution in [0, 0.1) is 0 Å². The summed E-state index contributed by atoms with van der Waals surface area (Å²) in [5.41, 5.74) is 5.89. The van der Waals surface area contributed by atoms with Crippen LogP contribution >= 0.6 is 12.4 Å². The second-order valence-corrected chi connectivity index (χ2v) is 5.15. The highest BCUT2D eigenvalue weighted by atomic mass is 35.5. The van der Waals surface area contributed by atoms with Gasteiger partial charge in [-0.1, -0.05) is 18.2 Å². The van der Waals surface area contributed by atoms with Crippen LogP contribution in [0.5, 0.6) is 5.75 Å². The van der Waals surface area contributed by atoms with Crippen molar-refractivity contribution in [1.82, 2.24) is 10.2 Å². The molecule has 0 aromatic heterocycles. The molecule has 1 aromatic carbocycles. The Morgan fingerprint density at radius 2 is 2.14 bits per heavy atom. The van der Waals surface area contributed by atoms with E-state index < -0.39 is 0 Å².